The molecule has 1 aromatic heterocycles. The lowest BCUT2D eigenvalue weighted by Crippen LogP contribution is -2.18. The summed E-state index contributed by atoms with van der Waals surface area (Å²) in [4.78, 5) is 11.5. The molecule has 0 amide bonds. The van der Waals surface area contributed by atoms with E-state index in [-0.39, 0.29) is 5.78 Å². The smallest absolute Gasteiger partial charge is 0.176 e. The number of ketones is 1. The zero-order valence-corrected chi connectivity index (χ0v) is 7.91. The average molecular weight is 189 g/mol. The van der Waals surface area contributed by atoms with Crippen molar-refractivity contribution in [3.63, 3.8) is 0 Å². The second-order valence-electron chi connectivity index (χ2n) is 3.13. The summed E-state index contributed by atoms with van der Waals surface area (Å²) in [6.07, 6.45) is 1.62. The predicted molar refractivity (Wildman–Crippen MR) is 54.5 cm³/mol. The number of Topliss-reactive ketones (excluding diaryl/α,β-unsaturated/α-hetero) is 1. The molecule has 1 aromatic carbocycles. The van der Waals surface area contributed by atoms with E-state index in [4.69, 9.17) is 4.42 Å². The minimum Gasteiger partial charge on any atom is -0.464 e. The topological polar surface area (TPSA) is 42.2 Å². The zero-order valence-electron chi connectivity index (χ0n) is 7.91. The van der Waals surface area contributed by atoms with Gasteiger partial charge in [0.15, 0.2) is 5.78 Å². The Morgan fingerprint density at radius 3 is 3.07 bits per heavy atom. The molecule has 0 bridgehead atoms. The Balaban J connectivity index is 2.38. The highest BCUT2D eigenvalue weighted by atomic mass is 16.3. The van der Waals surface area contributed by atoms with Crippen LogP contribution in [0.5, 0.6) is 0 Å². The highest BCUT2D eigenvalue weighted by Crippen LogP contribution is 2.16. The van der Waals surface area contributed by atoms with Crippen LogP contribution in [0.25, 0.3) is 11.0 Å². The summed E-state index contributed by atoms with van der Waals surface area (Å²) >= 11 is 0. The number of likely N-dealkylation sites (N-methyl/N-ethyl adjacent to an activating group) is 1. The van der Waals surface area contributed by atoms with Crippen LogP contribution in [-0.4, -0.2) is 19.4 Å². The molecule has 14 heavy (non-hydrogen) atoms. The third-order valence-corrected chi connectivity index (χ3v) is 2.12. The molecule has 0 saturated carbocycles. The lowest BCUT2D eigenvalue weighted by Gasteiger charge is -1.99. The van der Waals surface area contributed by atoms with Crippen molar-refractivity contribution in [2.24, 2.45) is 0 Å². The van der Waals surface area contributed by atoms with Crippen LogP contribution in [0.15, 0.2) is 34.9 Å². The van der Waals surface area contributed by atoms with E-state index in [0.717, 1.165) is 11.0 Å². The molecule has 3 heteroatoms. The van der Waals surface area contributed by atoms with Crippen molar-refractivity contribution in [3.8, 4) is 0 Å². The van der Waals surface area contributed by atoms with E-state index in [1.807, 2.05) is 18.2 Å². The molecule has 0 fully saturated rings. The van der Waals surface area contributed by atoms with Gasteiger partial charge in [-0.1, -0.05) is 12.1 Å². The van der Waals surface area contributed by atoms with E-state index >= 15 is 0 Å². The van der Waals surface area contributed by atoms with Crippen molar-refractivity contribution in [1.82, 2.24) is 5.32 Å². The highest BCUT2D eigenvalue weighted by Gasteiger charge is 2.06. The summed E-state index contributed by atoms with van der Waals surface area (Å²) in [5.74, 6) is 0.0748. The Morgan fingerprint density at radius 1 is 1.43 bits per heavy atom. The standard InChI is InChI=1S/C11H11NO2/c1-12-7-10(13)9-3-2-8-4-5-14-11(8)6-9/h2-6,12H,7H2,1H3. The molecule has 0 aliphatic carbocycles. The third-order valence-electron chi connectivity index (χ3n) is 2.12. The summed E-state index contributed by atoms with van der Waals surface area (Å²) in [5.41, 5.74) is 1.44. The van der Waals surface area contributed by atoms with Crippen LogP contribution in [0.3, 0.4) is 0 Å². The maximum Gasteiger partial charge on any atom is 0.176 e. The average Bonchev–Trinajstić information content (AvgIpc) is 2.64. The summed E-state index contributed by atoms with van der Waals surface area (Å²) < 4.78 is 5.21. The number of hydrogen-bond donors (Lipinski definition) is 1. The van der Waals surface area contributed by atoms with E-state index in [1.165, 1.54) is 0 Å². The fourth-order valence-corrected chi connectivity index (χ4v) is 1.39. The lowest BCUT2D eigenvalue weighted by molar-refractivity contribution is 0.0993. The van der Waals surface area contributed by atoms with Gasteiger partial charge in [-0.25, -0.2) is 0 Å². The third kappa shape index (κ3) is 1.54. The molecule has 0 unspecified atom stereocenters. The van der Waals surface area contributed by atoms with Gasteiger partial charge in [0.1, 0.15) is 5.58 Å². The maximum atomic E-state index is 11.5. The van der Waals surface area contributed by atoms with Gasteiger partial charge < -0.3 is 9.73 Å². The number of hydrogen-bond acceptors (Lipinski definition) is 3. The zero-order chi connectivity index (χ0) is 9.97. The molecule has 0 saturated heterocycles. The van der Waals surface area contributed by atoms with Crippen LogP contribution in [-0.2, 0) is 0 Å². The first-order chi connectivity index (χ1) is 6.81. The summed E-state index contributed by atoms with van der Waals surface area (Å²) in [6.45, 7) is 0.353. The van der Waals surface area contributed by atoms with E-state index in [2.05, 4.69) is 5.32 Å². The number of nitrogens with one attached hydrogen (secondary N) is 1. The van der Waals surface area contributed by atoms with Gasteiger partial charge in [0.2, 0.25) is 0 Å². The summed E-state index contributed by atoms with van der Waals surface area (Å²) in [7, 11) is 1.75. The predicted octanol–water partition coefficient (Wildman–Crippen LogP) is 1.83. The fraction of sp³-hybridized carbons (Fsp3) is 0.182. The minimum atomic E-state index is 0.0748. The van der Waals surface area contributed by atoms with Crippen molar-refractivity contribution >= 4 is 16.8 Å². The number of benzene rings is 1. The van der Waals surface area contributed by atoms with Gasteiger partial charge in [-0.3, -0.25) is 4.79 Å². The van der Waals surface area contributed by atoms with Crippen molar-refractivity contribution < 1.29 is 9.21 Å². The van der Waals surface area contributed by atoms with Crippen LogP contribution in [0.4, 0.5) is 0 Å². The molecule has 0 aliphatic rings. The molecule has 0 radical (unpaired) electrons. The van der Waals surface area contributed by atoms with Crippen LogP contribution < -0.4 is 5.32 Å². The number of rotatable bonds is 3. The molecule has 2 aromatic rings. The second kappa shape index (κ2) is 3.64. The van der Waals surface area contributed by atoms with Gasteiger partial charge in [0.05, 0.1) is 12.8 Å². The van der Waals surface area contributed by atoms with Gasteiger partial charge in [-0.15, -0.1) is 0 Å². The van der Waals surface area contributed by atoms with Crippen LogP contribution in [0, 0.1) is 0 Å². The van der Waals surface area contributed by atoms with Crippen molar-refractivity contribution in [1.29, 1.82) is 0 Å². The molecule has 0 spiro atoms. The molecule has 72 valence electrons. The van der Waals surface area contributed by atoms with Crippen molar-refractivity contribution in [2.75, 3.05) is 13.6 Å². The van der Waals surface area contributed by atoms with E-state index in [0.29, 0.717) is 12.1 Å². The number of fused-ring (bicyclic) bond motifs is 1. The summed E-state index contributed by atoms with van der Waals surface area (Å²) in [6, 6.07) is 7.36. The normalized spacial score (nSPS) is 10.6. The quantitative estimate of drug-likeness (QED) is 0.749. The number of carbonyl (C=O) groups excluding carboxylic acids is 1. The van der Waals surface area contributed by atoms with Crippen LogP contribution in [0.2, 0.25) is 0 Å². The van der Waals surface area contributed by atoms with Gasteiger partial charge in [-0.05, 0) is 19.2 Å². The van der Waals surface area contributed by atoms with Gasteiger partial charge >= 0.3 is 0 Å². The first-order valence-electron chi connectivity index (χ1n) is 4.46. The molecule has 2 rings (SSSR count). The molecule has 1 N–H and O–H groups in total. The molecule has 3 nitrogen and oxygen atoms in total. The van der Waals surface area contributed by atoms with E-state index in [9.17, 15) is 4.79 Å². The van der Waals surface area contributed by atoms with Gasteiger partial charge in [-0.2, -0.15) is 0 Å². The first kappa shape index (κ1) is 8.97. The Labute approximate surface area is 81.7 Å². The first-order valence-corrected chi connectivity index (χ1v) is 4.46. The summed E-state index contributed by atoms with van der Waals surface area (Å²) in [5, 5.41) is 3.85. The SMILES string of the molecule is CNCC(=O)c1ccc2ccoc2c1. The minimum absolute atomic E-state index is 0.0748. The Kier molecular flexibility index (Phi) is 2.33. The molecule has 0 atom stereocenters. The fourth-order valence-electron chi connectivity index (χ4n) is 1.39. The van der Waals surface area contributed by atoms with Crippen molar-refractivity contribution in [3.05, 3.63) is 36.1 Å². The molecular weight excluding hydrogens is 178 g/mol. The monoisotopic (exact) mass is 189 g/mol. The molecule has 0 aliphatic heterocycles. The van der Waals surface area contributed by atoms with E-state index < -0.39 is 0 Å². The Bertz CT molecular complexity index is 459. The lowest BCUT2D eigenvalue weighted by atomic mass is 10.1. The van der Waals surface area contributed by atoms with Crippen molar-refractivity contribution in [2.45, 2.75) is 0 Å². The maximum absolute atomic E-state index is 11.5. The van der Waals surface area contributed by atoms with Crippen LogP contribution >= 0.6 is 0 Å². The number of carbonyl (C=O) groups is 1. The Hall–Kier alpha value is -1.61. The van der Waals surface area contributed by atoms with E-state index in [1.54, 1.807) is 19.4 Å². The van der Waals surface area contributed by atoms with Gasteiger partial charge in [0, 0.05) is 10.9 Å². The van der Waals surface area contributed by atoms with Gasteiger partial charge in [0.25, 0.3) is 0 Å². The Morgan fingerprint density at radius 2 is 2.29 bits per heavy atom. The molecular formula is C11H11NO2. The largest absolute Gasteiger partial charge is 0.464 e. The number of furan rings is 1. The second-order valence-corrected chi connectivity index (χ2v) is 3.13. The highest BCUT2D eigenvalue weighted by molar-refractivity contribution is 6.00. The molecule has 1 heterocycles. The van der Waals surface area contributed by atoms with Crippen LogP contribution in [0.1, 0.15) is 10.4 Å².